The Kier molecular flexibility index (Phi) is 29.2. The maximum atomic E-state index is 14.3. The molecular weight excluding hydrogens is 1700 g/mol. The SMILES string of the molecule is O=C(O)C1O[C@@H](O[C@@H](CO[C@H]2C(=O)N(c3ccccc3)[C@@H]2c2ccc(-c3ccc(C4O[C@H](CO)[C@@H](O)[C@H](O)[C@H]4O)cc3)cc2O)c2ccc(F)cc2)C(O)[C@@H](O)[C@@H]1O.O=C(O)C1O[C@@H](Oc2cc(-c3ccc(C4O[C@H](CO)[C@@H](O)[C@H](O)[C@H]4O)cc3)ccc2[C@@H]2[C@@H](OC[C@H](O[C@@H]3OC(C(=O)O)[C@@H](O)[C@H](O)C3O)c3ccc(F)cc3)C(=O)N2c2ccccc2)C(O)[C@@H](O)C1O. The van der Waals surface area contributed by atoms with E-state index in [1.54, 1.807) is 127 Å². The predicted molar refractivity (Wildman–Crippen MR) is 428 cm³/mol. The predicted octanol–water partition coefficient (Wildman–Crippen LogP) is -0.762. The molecule has 7 fully saturated rings. The van der Waals surface area contributed by atoms with Gasteiger partial charge in [-0.2, -0.15) is 0 Å². The highest BCUT2D eigenvalue weighted by atomic mass is 19.1. The molecule has 0 saturated carbocycles. The van der Waals surface area contributed by atoms with Crippen LogP contribution in [0.3, 0.4) is 0 Å². The van der Waals surface area contributed by atoms with Gasteiger partial charge in [0.15, 0.2) is 43.1 Å². The van der Waals surface area contributed by atoms with E-state index >= 15 is 0 Å². The second-order valence-corrected chi connectivity index (χ2v) is 31.4. The summed E-state index contributed by atoms with van der Waals surface area (Å²) in [6, 6.07) is 46.8. The smallest absolute Gasteiger partial charge is 0.335 e. The number of aliphatic hydroxyl groups excluding tert-OH is 17. The van der Waals surface area contributed by atoms with E-state index in [0.717, 1.165) is 24.3 Å². The van der Waals surface area contributed by atoms with Gasteiger partial charge < -0.3 is 155 Å². The second-order valence-electron chi connectivity index (χ2n) is 31.4. The zero-order valence-corrected chi connectivity index (χ0v) is 66.9. The number of para-hydroxylation sites is 2. The number of phenols is 1. The monoisotopic (exact) mass is 1790 g/mol. The summed E-state index contributed by atoms with van der Waals surface area (Å²) >= 11 is 0. The molecule has 31 atom stereocenters. The minimum Gasteiger partial charge on any atom is -0.508 e. The Morgan fingerprint density at radius 1 is 0.367 bits per heavy atom. The molecule has 7 aliphatic rings. The van der Waals surface area contributed by atoms with Gasteiger partial charge in [-0.25, -0.2) is 23.2 Å². The summed E-state index contributed by atoms with van der Waals surface area (Å²) in [7, 11) is 0. The molecule has 7 heterocycles. The number of carbonyl (C=O) groups excluding carboxylic acids is 2. The number of nitrogens with zero attached hydrogens (tertiary/aromatic N) is 2. The standard InChI is InChI=1S/C47H50FNO21.C41H42FNO15/c48-23-13-10-20(11-14-23)28(68-47-38(59)33(54)36(57)42(70-47)45(63)64)18-65-40-29(49(43(40)60)24-4-2-1-3-5-24)25-15-12-22(16-26(25)67-46-37(58)32(53)35(56)41(69-46)44(61)62)19-6-8-21(9-7-19)39-34(55)31(52)30(51)27(17-50)66-39;42-23-13-10-20(11-14-23)28(57-41-35(51)32(48)34(50)38(58-41)40(53)54)18-55-37-29(43(39(37)52)24-4-2-1-3-5-24)25-15-12-22(16-26(25)45)19-6-8-21(9-7-19)36-33(49)31(47)30(46)27(17-44)56-36/h1-16,27-42,46-47,50-59H,17-18H2,(H,61,62)(H,63,64);1-16,27-38,41,44-51H,17-18H2,(H,53,54)/t27-,28+,29-,30-,31+,32+,33+,34-,35?,36+,37?,38?,39?,40-,41?,42?,46-,47-;27-,28+,29-,30-,31+,32+,33-,34+,35?,36?,37-,38?,41-/m11/s1. The summed E-state index contributed by atoms with van der Waals surface area (Å²) in [6.45, 7) is -2.25. The first-order chi connectivity index (χ1) is 61.2. The zero-order chi connectivity index (χ0) is 91.7. The van der Waals surface area contributed by atoms with E-state index in [1.807, 2.05) is 0 Å². The van der Waals surface area contributed by atoms with Crippen molar-refractivity contribution < 1.29 is 187 Å². The number of anilines is 2. The van der Waals surface area contributed by atoms with Crippen molar-refractivity contribution in [2.75, 3.05) is 36.2 Å². The van der Waals surface area contributed by atoms with Crippen molar-refractivity contribution in [1.82, 2.24) is 0 Å². The molecule has 7 aliphatic heterocycles. The van der Waals surface area contributed by atoms with Gasteiger partial charge in [-0.3, -0.25) is 19.4 Å². The molecule has 0 aliphatic carbocycles. The number of β-lactam (4-membered cyclic amide) rings is 2. The molecule has 128 heavy (non-hydrogen) atoms. The largest absolute Gasteiger partial charge is 0.508 e. The fourth-order valence-electron chi connectivity index (χ4n) is 16.2. The molecule has 8 aromatic carbocycles. The fraction of sp³-hybridized carbons (Fsp3) is 0.398. The summed E-state index contributed by atoms with van der Waals surface area (Å²) in [4.78, 5) is 66.6. The molecule has 0 spiro atoms. The second kappa shape index (κ2) is 39.9. The quantitative estimate of drug-likeness (QED) is 0.0281. The Labute approximate surface area is 724 Å². The van der Waals surface area contributed by atoms with Crippen LogP contribution in [0, 0.1) is 11.6 Å². The Balaban J connectivity index is 0.000000211. The average molecular weight is 1790 g/mol. The van der Waals surface area contributed by atoms with Crippen LogP contribution in [0.25, 0.3) is 22.3 Å². The van der Waals surface area contributed by atoms with E-state index in [9.17, 15) is 140 Å². The van der Waals surface area contributed by atoms with Crippen LogP contribution in [0.1, 0.15) is 69.9 Å². The summed E-state index contributed by atoms with van der Waals surface area (Å²) in [5, 5.41) is 217. The molecule has 38 nitrogen and oxygen atoms in total. The normalized spacial score (nSPS) is 33.4. The third-order valence-corrected chi connectivity index (χ3v) is 23.4. The topological polar surface area (TPSA) is 609 Å². The first-order valence-corrected chi connectivity index (χ1v) is 40.2. The molecule has 2 amide bonds. The maximum absolute atomic E-state index is 14.3. The van der Waals surface area contributed by atoms with Crippen molar-refractivity contribution in [2.24, 2.45) is 0 Å². The number of ether oxygens (including phenoxy) is 10. The first-order valence-electron chi connectivity index (χ1n) is 40.2. The molecular formula is C88H92F2N2O36. The van der Waals surface area contributed by atoms with Gasteiger partial charge in [-0.05, 0) is 105 Å². The molecule has 0 aromatic heterocycles. The van der Waals surface area contributed by atoms with Crippen LogP contribution < -0.4 is 14.5 Å². The first kappa shape index (κ1) is 93.7. The van der Waals surface area contributed by atoms with Gasteiger partial charge in [-0.15, -0.1) is 0 Å². The van der Waals surface area contributed by atoms with Crippen molar-refractivity contribution in [1.29, 1.82) is 0 Å². The number of phenolic OH excluding ortho intramolecular Hbond substituents is 1. The van der Waals surface area contributed by atoms with Gasteiger partial charge >= 0.3 is 17.9 Å². The van der Waals surface area contributed by atoms with Gasteiger partial charge in [0, 0.05) is 22.5 Å². The number of aliphatic hydroxyl groups is 17. The Morgan fingerprint density at radius 3 is 1.07 bits per heavy atom. The zero-order valence-electron chi connectivity index (χ0n) is 66.9. The molecule has 40 heteroatoms. The van der Waals surface area contributed by atoms with Gasteiger partial charge in [0.05, 0.1) is 26.4 Å². The molecule has 684 valence electrons. The molecule has 0 radical (unpaired) electrons. The Hall–Kier alpha value is -10.5. The van der Waals surface area contributed by atoms with Crippen LogP contribution in [-0.4, -0.2) is 317 Å². The van der Waals surface area contributed by atoms with Gasteiger partial charge in [-0.1, -0.05) is 133 Å². The van der Waals surface area contributed by atoms with Crippen molar-refractivity contribution in [3.63, 3.8) is 0 Å². The van der Waals surface area contributed by atoms with Crippen LogP contribution in [0.2, 0.25) is 0 Å². The summed E-state index contributed by atoms with van der Waals surface area (Å²) in [5.41, 5.74) is 4.65. The van der Waals surface area contributed by atoms with Crippen molar-refractivity contribution in [3.8, 4) is 33.8 Å². The third kappa shape index (κ3) is 19.1. The molecule has 7 saturated heterocycles. The number of carboxylic acid groups (broad SMARTS) is 3. The highest BCUT2D eigenvalue weighted by Gasteiger charge is 2.57. The highest BCUT2D eigenvalue weighted by molar-refractivity contribution is 6.06. The molecule has 9 unspecified atom stereocenters. The highest BCUT2D eigenvalue weighted by Crippen LogP contribution is 2.49. The van der Waals surface area contributed by atoms with Crippen molar-refractivity contribution in [3.05, 3.63) is 239 Å². The Bertz CT molecular complexity index is 5150. The van der Waals surface area contributed by atoms with E-state index in [1.165, 1.54) is 52.3 Å². The van der Waals surface area contributed by atoms with Crippen molar-refractivity contribution >= 4 is 41.1 Å². The van der Waals surface area contributed by atoms with E-state index in [-0.39, 0.29) is 28.2 Å². The van der Waals surface area contributed by atoms with E-state index in [4.69, 9.17) is 47.4 Å². The lowest BCUT2D eigenvalue weighted by Gasteiger charge is -2.48. The van der Waals surface area contributed by atoms with E-state index in [0.29, 0.717) is 50.3 Å². The number of carboxylic acids is 3. The number of amides is 2. The number of aliphatic carboxylic acids is 3. The lowest BCUT2D eigenvalue weighted by molar-refractivity contribution is -0.309. The van der Waals surface area contributed by atoms with Gasteiger partial charge in [0.2, 0.25) is 6.29 Å². The summed E-state index contributed by atoms with van der Waals surface area (Å²) in [5.74, 6) is -7.73. The van der Waals surface area contributed by atoms with Crippen LogP contribution in [0.15, 0.2) is 194 Å². The molecule has 15 rings (SSSR count). The summed E-state index contributed by atoms with van der Waals surface area (Å²) < 4.78 is 86.1. The molecule has 8 aromatic rings. The third-order valence-electron chi connectivity index (χ3n) is 23.4. The average Bonchev–Trinajstić information content (AvgIpc) is 0.743. The van der Waals surface area contributed by atoms with Crippen LogP contribution in [0.5, 0.6) is 11.5 Å². The number of benzene rings is 8. The van der Waals surface area contributed by atoms with Crippen molar-refractivity contribution in [2.45, 2.75) is 190 Å². The minimum absolute atomic E-state index is 0.144. The lowest BCUT2D eigenvalue weighted by Crippen LogP contribution is -2.62. The molecule has 21 N–H and O–H groups in total. The van der Waals surface area contributed by atoms with Crippen LogP contribution >= 0.6 is 0 Å². The number of hydrogen-bond acceptors (Lipinski definition) is 33. The maximum Gasteiger partial charge on any atom is 0.335 e. The Morgan fingerprint density at radius 2 is 0.703 bits per heavy atom. The van der Waals surface area contributed by atoms with Crippen LogP contribution in [0.4, 0.5) is 20.2 Å². The van der Waals surface area contributed by atoms with E-state index in [2.05, 4.69) is 0 Å². The number of carbonyl (C=O) groups is 5. The van der Waals surface area contributed by atoms with Crippen LogP contribution in [-0.2, 0) is 66.6 Å². The lowest BCUT2D eigenvalue weighted by atomic mass is 9.87. The van der Waals surface area contributed by atoms with Gasteiger partial charge in [0.25, 0.3) is 11.8 Å². The minimum atomic E-state index is -2.08. The number of hydrogen-bond donors (Lipinski definition) is 21. The number of rotatable bonds is 27. The number of halogens is 2. The van der Waals surface area contributed by atoms with E-state index < -0.39 is 257 Å². The fourth-order valence-corrected chi connectivity index (χ4v) is 16.2. The van der Waals surface area contributed by atoms with Gasteiger partial charge in [0.1, 0.15) is 163 Å². The molecule has 0 bridgehead atoms. The number of aromatic hydroxyl groups is 1. The summed E-state index contributed by atoms with van der Waals surface area (Å²) in [6.07, 6.45) is -48.9.